The van der Waals surface area contributed by atoms with Gasteiger partial charge in [-0.05, 0) is 35.4 Å². The van der Waals surface area contributed by atoms with Gasteiger partial charge in [-0.25, -0.2) is 4.98 Å². The number of benzene rings is 1. The van der Waals surface area contributed by atoms with Crippen molar-refractivity contribution in [2.75, 3.05) is 12.1 Å². The summed E-state index contributed by atoms with van der Waals surface area (Å²) in [5.74, 6) is 1.73. The summed E-state index contributed by atoms with van der Waals surface area (Å²) in [6.45, 7) is 0.218. The number of aromatic nitrogens is 3. The van der Waals surface area contributed by atoms with Gasteiger partial charge in [0, 0.05) is 25.0 Å². The summed E-state index contributed by atoms with van der Waals surface area (Å²) < 4.78 is 12.3. The Bertz CT molecular complexity index is 936. The number of ether oxygens (including phenoxy) is 2. The van der Waals surface area contributed by atoms with Crippen LogP contribution < -0.4 is 14.8 Å². The number of anilines is 1. The topological polar surface area (TPSA) is 78.3 Å². The molecule has 0 bridgehead atoms. The Kier molecular flexibility index (Phi) is 3.81. The Hall–Kier alpha value is -3.35. The van der Waals surface area contributed by atoms with Crippen LogP contribution in [0, 0.1) is 0 Å². The molecule has 1 amide bonds. The lowest BCUT2D eigenvalue weighted by atomic mass is 10.1. The molecule has 0 saturated heterocycles. The molecule has 0 radical (unpaired) electrons. The van der Waals surface area contributed by atoms with E-state index in [2.05, 4.69) is 15.4 Å². The Labute approximate surface area is 144 Å². The molecule has 0 saturated carbocycles. The molecule has 0 unspecified atom stereocenters. The minimum atomic E-state index is -0.144. The van der Waals surface area contributed by atoms with Crippen LogP contribution in [0.4, 0.5) is 5.82 Å². The molecule has 3 heterocycles. The minimum absolute atomic E-state index is 0.144. The van der Waals surface area contributed by atoms with Gasteiger partial charge in [-0.3, -0.25) is 9.48 Å². The average molecular weight is 336 g/mol. The quantitative estimate of drug-likeness (QED) is 0.791. The maximum atomic E-state index is 12.3. The summed E-state index contributed by atoms with van der Waals surface area (Å²) in [6, 6.07) is 9.19. The van der Waals surface area contributed by atoms with Crippen molar-refractivity contribution >= 4 is 11.7 Å². The molecule has 7 nitrogen and oxygen atoms in total. The Morgan fingerprint density at radius 3 is 2.92 bits per heavy atom. The van der Waals surface area contributed by atoms with Gasteiger partial charge in [0.15, 0.2) is 11.5 Å². The largest absolute Gasteiger partial charge is 0.454 e. The molecule has 1 aromatic carbocycles. The van der Waals surface area contributed by atoms with Crippen molar-refractivity contribution in [3.63, 3.8) is 0 Å². The van der Waals surface area contributed by atoms with Crippen molar-refractivity contribution in [1.82, 2.24) is 14.8 Å². The highest BCUT2D eigenvalue weighted by atomic mass is 16.7. The SMILES string of the molecule is Cn1cc(-c2ccnc(NC(=O)Cc3ccc4c(c3)OCO4)c2)cn1. The van der Waals surface area contributed by atoms with Crippen molar-refractivity contribution in [2.45, 2.75) is 6.42 Å². The van der Waals surface area contributed by atoms with Gasteiger partial charge in [0.1, 0.15) is 5.82 Å². The summed E-state index contributed by atoms with van der Waals surface area (Å²) in [5.41, 5.74) is 2.77. The van der Waals surface area contributed by atoms with Crippen LogP contribution in [-0.2, 0) is 18.3 Å². The zero-order valence-electron chi connectivity index (χ0n) is 13.6. The second-order valence-corrected chi connectivity index (χ2v) is 5.75. The molecule has 1 aliphatic rings. The van der Waals surface area contributed by atoms with Crippen LogP contribution >= 0.6 is 0 Å². The van der Waals surface area contributed by atoms with E-state index in [1.54, 1.807) is 17.1 Å². The smallest absolute Gasteiger partial charge is 0.231 e. The highest BCUT2D eigenvalue weighted by Crippen LogP contribution is 2.32. The number of hydrogen-bond donors (Lipinski definition) is 1. The number of pyridine rings is 1. The summed E-state index contributed by atoms with van der Waals surface area (Å²) in [6.07, 6.45) is 5.58. The minimum Gasteiger partial charge on any atom is -0.454 e. The molecule has 0 fully saturated rings. The van der Waals surface area contributed by atoms with Crippen LogP contribution in [0.2, 0.25) is 0 Å². The molecule has 0 atom stereocenters. The van der Waals surface area contributed by atoms with E-state index in [1.165, 1.54) is 0 Å². The Balaban J connectivity index is 1.46. The van der Waals surface area contributed by atoms with E-state index in [9.17, 15) is 4.79 Å². The van der Waals surface area contributed by atoms with Gasteiger partial charge in [-0.1, -0.05) is 6.07 Å². The molecule has 7 heteroatoms. The first kappa shape index (κ1) is 15.2. The van der Waals surface area contributed by atoms with Gasteiger partial charge in [0.05, 0.1) is 12.6 Å². The Morgan fingerprint density at radius 2 is 2.08 bits per heavy atom. The van der Waals surface area contributed by atoms with Gasteiger partial charge < -0.3 is 14.8 Å². The standard InChI is InChI=1S/C18H16N4O3/c1-22-10-14(9-20-22)13-4-5-19-17(8-13)21-18(23)7-12-2-3-15-16(6-12)25-11-24-15/h2-6,8-10H,7,11H2,1H3,(H,19,21,23). The number of fused-ring (bicyclic) bond motifs is 1. The van der Waals surface area contributed by atoms with E-state index in [1.807, 2.05) is 43.6 Å². The van der Waals surface area contributed by atoms with Crippen LogP contribution in [0.3, 0.4) is 0 Å². The van der Waals surface area contributed by atoms with Crippen LogP contribution in [0.5, 0.6) is 11.5 Å². The fourth-order valence-electron chi connectivity index (χ4n) is 2.67. The molecule has 0 aliphatic carbocycles. The van der Waals surface area contributed by atoms with Crippen molar-refractivity contribution in [3.8, 4) is 22.6 Å². The molecule has 3 aromatic rings. The summed E-state index contributed by atoms with van der Waals surface area (Å²) >= 11 is 0. The number of nitrogens with one attached hydrogen (secondary N) is 1. The monoisotopic (exact) mass is 336 g/mol. The maximum Gasteiger partial charge on any atom is 0.231 e. The van der Waals surface area contributed by atoms with E-state index in [4.69, 9.17) is 9.47 Å². The second-order valence-electron chi connectivity index (χ2n) is 5.75. The third-order valence-corrected chi connectivity index (χ3v) is 3.87. The molecule has 126 valence electrons. The lowest BCUT2D eigenvalue weighted by molar-refractivity contribution is -0.115. The van der Waals surface area contributed by atoms with Gasteiger partial charge in [-0.15, -0.1) is 0 Å². The van der Waals surface area contributed by atoms with E-state index in [0.717, 1.165) is 16.7 Å². The predicted octanol–water partition coefficient (Wildman–Crippen LogP) is 2.39. The number of nitrogens with zero attached hydrogens (tertiary/aromatic N) is 3. The number of aryl methyl sites for hydroxylation is 1. The predicted molar refractivity (Wildman–Crippen MR) is 91.3 cm³/mol. The number of carbonyl (C=O) groups excluding carboxylic acids is 1. The van der Waals surface area contributed by atoms with Crippen LogP contribution in [0.15, 0.2) is 48.9 Å². The molecule has 4 rings (SSSR count). The molecular formula is C18H16N4O3. The van der Waals surface area contributed by atoms with E-state index in [-0.39, 0.29) is 19.1 Å². The second kappa shape index (κ2) is 6.27. The average Bonchev–Trinajstić information content (AvgIpc) is 3.23. The van der Waals surface area contributed by atoms with Gasteiger partial charge in [0.25, 0.3) is 0 Å². The fourth-order valence-corrected chi connectivity index (χ4v) is 2.67. The molecule has 2 aromatic heterocycles. The van der Waals surface area contributed by atoms with E-state index in [0.29, 0.717) is 17.3 Å². The van der Waals surface area contributed by atoms with Crippen LogP contribution in [-0.4, -0.2) is 27.5 Å². The number of amides is 1. The molecule has 1 aliphatic heterocycles. The van der Waals surface area contributed by atoms with Crippen molar-refractivity contribution < 1.29 is 14.3 Å². The first-order valence-electron chi connectivity index (χ1n) is 7.81. The lowest BCUT2D eigenvalue weighted by Gasteiger charge is -2.06. The number of rotatable bonds is 4. The molecule has 0 spiro atoms. The summed E-state index contributed by atoms with van der Waals surface area (Å²) in [7, 11) is 1.86. The number of carbonyl (C=O) groups is 1. The highest BCUT2D eigenvalue weighted by molar-refractivity contribution is 5.92. The van der Waals surface area contributed by atoms with Crippen molar-refractivity contribution in [3.05, 3.63) is 54.5 Å². The third kappa shape index (κ3) is 3.30. The third-order valence-electron chi connectivity index (χ3n) is 3.87. The van der Waals surface area contributed by atoms with Gasteiger partial charge >= 0.3 is 0 Å². The van der Waals surface area contributed by atoms with Crippen molar-refractivity contribution in [2.24, 2.45) is 7.05 Å². The molecule has 1 N–H and O–H groups in total. The lowest BCUT2D eigenvalue weighted by Crippen LogP contribution is -2.15. The maximum absolute atomic E-state index is 12.3. The summed E-state index contributed by atoms with van der Waals surface area (Å²) in [5, 5.41) is 6.98. The highest BCUT2D eigenvalue weighted by Gasteiger charge is 2.14. The normalized spacial score (nSPS) is 12.2. The number of hydrogen-bond acceptors (Lipinski definition) is 5. The fraction of sp³-hybridized carbons (Fsp3) is 0.167. The van der Waals surface area contributed by atoms with Gasteiger partial charge in [0.2, 0.25) is 12.7 Å². The van der Waals surface area contributed by atoms with Crippen LogP contribution in [0.25, 0.3) is 11.1 Å². The molecular weight excluding hydrogens is 320 g/mol. The summed E-state index contributed by atoms with van der Waals surface area (Å²) in [4.78, 5) is 16.5. The van der Waals surface area contributed by atoms with E-state index < -0.39 is 0 Å². The zero-order chi connectivity index (χ0) is 17.2. The zero-order valence-corrected chi connectivity index (χ0v) is 13.6. The molecule has 25 heavy (non-hydrogen) atoms. The first-order chi connectivity index (χ1) is 12.2. The first-order valence-corrected chi connectivity index (χ1v) is 7.81. The van der Waals surface area contributed by atoms with Gasteiger partial charge in [-0.2, -0.15) is 5.10 Å². The Morgan fingerprint density at radius 1 is 1.20 bits per heavy atom. The van der Waals surface area contributed by atoms with E-state index >= 15 is 0 Å². The van der Waals surface area contributed by atoms with Crippen molar-refractivity contribution in [1.29, 1.82) is 0 Å². The van der Waals surface area contributed by atoms with Crippen LogP contribution in [0.1, 0.15) is 5.56 Å².